The normalized spacial score (nSPS) is 11.0. The highest BCUT2D eigenvalue weighted by Gasteiger charge is 2.12. The van der Waals surface area contributed by atoms with Crippen LogP contribution < -0.4 is 15.7 Å². The maximum absolute atomic E-state index is 13.2. The number of hydrogen-bond acceptors (Lipinski definition) is 4. The van der Waals surface area contributed by atoms with Crippen LogP contribution in [0.1, 0.15) is 5.56 Å². The van der Waals surface area contributed by atoms with Crippen LogP contribution in [0.2, 0.25) is 0 Å². The number of halogens is 1. The van der Waals surface area contributed by atoms with E-state index in [0.717, 1.165) is 12.1 Å². The van der Waals surface area contributed by atoms with Crippen LogP contribution in [-0.2, 0) is 16.8 Å². The maximum Gasteiger partial charge on any atom is 0.446 e. The molecule has 100 valence electrons. The quantitative estimate of drug-likeness (QED) is 0.389. The van der Waals surface area contributed by atoms with Gasteiger partial charge in [-0.15, -0.1) is 0 Å². The largest absolute Gasteiger partial charge is 0.446 e. The average Bonchev–Trinajstić information content (AvgIpc) is 2.20. The van der Waals surface area contributed by atoms with E-state index in [1.54, 1.807) is 0 Å². The Morgan fingerprint density at radius 3 is 2.67 bits per heavy atom. The Morgan fingerprint density at radius 1 is 1.44 bits per heavy atom. The molecule has 0 aromatic heterocycles. The van der Waals surface area contributed by atoms with Gasteiger partial charge < -0.3 is 15.7 Å². The highest BCUT2D eigenvalue weighted by Crippen LogP contribution is 2.20. The standard InChI is InChI=1S/C9H12FN3O4S/c10-7-2-1-6(3-4-13-9(11)12)5-8(7)17-18(14,15)16/h1-2,5H,3-4H2,(H4,11,12,13)(H,14,15,16). The number of guanidine groups is 1. The first kappa shape index (κ1) is 14.2. The van der Waals surface area contributed by atoms with E-state index in [1.165, 1.54) is 6.07 Å². The molecule has 9 heteroatoms. The summed E-state index contributed by atoms with van der Waals surface area (Å²) in [5.74, 6) is -1.57. The Labute approximate surface area is 103 Å². The molecule has 0 fully saturated rings. The number of aliphatic imine (C=N–C) groups is 1. The summed E-state index contributed by atoms with van der Waals surface area (Å²) in [6.45, 7) is 0.263. The number of nitrogens with zero attached hydrogens (tertiary/aromatic N) is 1. The maximum atomic E-state index is 13.2. The number of hydrogen-bond donors (Lipinski definition) is 3. The van der Waals surface area contributed by atoms with Crippen molar-refractivity contribution < 1.29 is 21.5 Å². The molecule has 1 aromatic carbocycles. The molecule has 0 aliphatic heterocycles. The number of rotatable bonds is 5. The molecule has 0 unspecified atom stereocenters. The summed E-state index contributed by atoms with van der Waals surface area (Å²) in [5.41, 5.74) is 10.8. The van der Waals surface area contributed by atoms with Crippen LogP contribution in [0.4, 0.5) is 4.39 Å². The zero-order valence-electron chi connectivity index (χ0n) is 9.21. The lowest BCUT2D eigenvalue weighted by Gasteiger charge is -2.05. The van der Waals surface area contributed by atoms with Gasteiger partial charge in [0.2, 0.25) is 0 Å². The SMILES string of the molecule is NC(N)=NCCc1ccc(F)c(OS(=O)(=O)O)c1. The zero-order valence-corrected chi connectivity index (χ0v) is 10.0. The summed E-state index contributed by atoms with van der Waals surface area (Å²) in [5, 5.41) is 0. The minimum atomic E-state index is -4.76. The average molecular weight is 277 g/mol. The van der Waals surface area contributed by atoms with Gasteiger partial charge in [-0.25, -0.2) is 4.39 Å². The lowest BCUT2D eigenvalue weighted by Crippen LogP contribution is -2.23. The number of nitrogens with two attached hydrogens (primary N) is 2. The van der Waals surface area contributed by atoms with Crippen molar-refractivity contribution in [2.24, 2.45) is 16.5 Å². The molecular formula is C9H12FN3O4S. The molecule has 0 atom stereocenters. The molecule has 0 aliphatic carbocycles. The van der Waals surface area contributed by atoms with Crippen LogP contribution in [0.25, 0.3) is 0 Å². The highest BCUT2D eigenvalue weighted by atomic mass is 32.3. The molecule has 18 heavy (non-hydrogen) atoms. The lowest BCUT2D eigenvalue weighted by molar-refractivity contribution is 0.376. The van der Waals surface area contributed by atoms with Crippen LogP contribution >= 0.6 is 0 Å². The highest BCUT2D eigenvalue weighted by molar-refractivity contribution is 7.81. The Hall–Kier alpha value is -1.87. The van der Waals surface area contributed by atoms with Gasteiger partial charge in [0.1, 0.15) is 0 Å². The molecule has 7 nitrogen and oxygen atoms in total. The Morgan fingerprint density at radius 2 is 2.11 bits per heavy atom. The second kappa shape index (κ2) is 5.65. The number of benzene rings is 1. The first-order chi connectivity index (χ1) is 8.28. The van der Waals surface area contributed by atoms with E-state index in [2.05, 4.69) is 9.18 Å². The summed E-state index contributed by atoms with van der Waals surface area (Å²) < 4.78 is 46.7. The third-order valence-electron chi connectivity index (χ3n) is 1.89. The first-order valence-electron chi connectivity index (χ1n) is 4.78. The molecule has 5 N–H and O–H groups in total. The molecule has 0 aliphatic rings. The summed E-state index contributed by atoms with van der Waals surface area (Å²) in [4.78, 5) is 3.72. The van der Waals surface area contributed by atoms with Gasteiger partial charge in [-0.3, -0.25) is 9.55 Å². The van der Waals surface area contributed by atoms with E-state index >= 15 is 0 Å². The molecule has 0 spiro atoms. The van der Waals surface area contributed by atoms with Crippen LogP contribution in [0.5, 0.6) is 5.75 Å². The fourth-order valence-corrected chi connectivity index (χ4v) is 1.55. The van der Waals surface area contributed by atoms with Crippen molar-refractivity contribution in [3.63, 3.8) is 0 Å². The van der Waals surface area contributed by atoms with Crippen LogP contribution in [0, 0.1) is 5.82 Å². The van der Waals surface area contributed by atoms with Gasteiger partial charge in [-0.05, 0) is 24.1 Å². The van der Waals surface area contributed by atoms with Gasteiger partial charge in [-0.2, -0.15) is 8.42 Å². The van der Waals surface area contributed by atoms with Gasteiger partial charge >= 0.3 is 10.4 Å². The van der Waals surface area contributed by atoms with Gasteiger partial charge in [0.15, 0.2) is 17.5 Å². The molecule has 0 radical (unpaired) electrons. The fourth-order valence-electron chi connectivity index (χ4n) is 1.19. The molecular weight excluding hydrogens is 265 g/mol. The van der Waals surface area contributed by atoms with Crippen LogP contribution in [0.15, 0.2) is 23.2 Å². The molecule has 0 amide bonds. The summed E-state index contributed by atoms with van der Waals surface area (Å²) >= 11 is 0. The smallest absolute Gasteiger partial charge is 0.370 e. The summed E-state index contributed by atoms with van der Waals surface area (Å²) in [6.07, 6.45) is 0.361. The third-order valence-corrected chi connectivity index (χ3v) is 2.28. The Bertz CT molecular complexity index is 555. The van der Waals surface area contributed by atoms with Gasteiger partial charge in [0.05, 0.1) is 0 Å². The van der Waals surface area contributed by atoms with E-state index < -0.39 is 22.0 Å². The van der Waals surface area contributed by atoms with Gasteiger partial charge in [0, 0.05) is 6.54 Å². The van der Waals surface area contributed by atoms with Crippen LogP contribution in [-0.4, -0.2) is 25.5 Å². The van der Waals surface area contributed by atoms with Crippen molar-refractivity contribution >= 4 is 16.4 Å². The molecule has 0 bridgehead atoms. The fraction of sp³-hybridized carbons (Fsp3) is 0.222. The van der Waals surface area contributed by atoms with Crippen molar-refractivity contribution in [3.8, 4) is 5.75 Å². The predicted octanol–water partition coefficient (Wildman–Crippen LogP) is -0.177. The monoisotopic (exact) mass is 277 g/mol. The minimum absolute atomic E-state index is 0.0773. The van der Waals surface area contributed by atoms with Crippen molar-refractivity contribution in [1.29, 1.82) is 0 Å². The minimum Gasteiger partial charge on any atom is -0.370 e. The topological polar surface area (TPSA) is 128 Å². The Kier molecular flexibility index (Phi) is 4.45. The Balaban J connectivity index is 2.84. The van der Waals surface area contributed by atoms with Gasteiger partial charge in [0.25, 0.3) is 0 Å². The summed E-state index contributed by atoms with van der Waals surface area (Å²) in [7, 11) is -4.76. The van der Waals surface area contributed by atoms with Crippen molar-refractivity contribution in [2.45, 2.75) is 6.42 Å². The first-order valence-corrected chi connectivity index (χ1v) is 6.15. The summed E-state index contributed by atoms with van der Waals surface area (Å²) in [6, 6.07) is 3.59. The second-order valence-corrected chi connectivity index (χ2v) is 4.35. The second-order valence-electron chi connectivity index (χ2n) is 3.33. The molecule has 0 saturated carbocycles. The van der Waals surface area contributed by atoms with E-state index in [9.17, 15) is 12.8 Å². The van der Waals surface area contributed by atoms with E-state index in [4.69, 9.17) is 16.0 Å². The lowest BCUT2D eigenvalue weighted by atomic mass is 10.1. The van der Waals surface area contributed by atoms with Gasteiger partial charge in [-0.1, -0.05) is 6.07 Å². The molecule has 0 heterocycles. The van der Waals surface area contributed by atoms with E-state index in [-0.39, 0.29) is 12.5 Å². The van der Waals surface area contributed by atoms with Crippen molar-refractivity contribution in [2.75, 3.05) is 6.54 Å². The third kappa shape index (κ3) is 4.97. The predicted molar refractivity (Wildman–Crippen MR) is 63.0 cm³/mol. The van der Waals surface area contributed by atoms with E-state index in [1.807, 2.05) is 0 Å². The van der Waals surface area contributed by atoms with Crippen LogP contribution in [0.3, 0.4) is 0 Å². The van der Waals surface area contributed by atoms with Crippen molar-refractivity contribution in [1.82, 2.24) is 0 Å². The molecule has 0 saturated heterocycles. The van der Waals surface area contributed by atoms with E-state index in [0.29, 0.717) is 12.0 Å². The molecule has 1 rings (SSSR count). The molecule has 1 aromatic rings. The zero-order chi connectivity index (χ0) is 13.8. The van der Waals surface area contributed by atoms with Crippen molar-refractivity contribution in [3.05, 3.63) is 29.6 Å².